The van der Waals surface area contributed by atoms with Crippen molar-refractivity contribution in [3.8, 4) is 11.5 Å². The number of hydrogen-bond acceptors (Lipinski definition) is 3. The van der Waals surface area contributed by atoms with Gasteiger partial charge < -0.3 is 14.8 Å². The molecule has 118 valence electrons. The summed E-state index contributed by atoms with van der Waals surface area (Å²) in [4.78, 5) is 0. The van der Waals surface area contributed by atoms with Crippen molar-refractivity contribution in [2.75, 3.05) is 19.8 Å². The minimum atomic E-state index is 0.456. The molecule has 1 rings (SSSR count). The Morgan fingerprint density at radius 2 is 2.10 bits per heavy atom. The van der Waals surface area contributed by atoms with Gasteiger partial charge in [0.25, 0.3) is 0 Å². The molecule has 1 aromatic rings. The van der Waals surface area contributed by atoms with Crippen molar-refractivity contribution in [3.63, 3.8) is 0 Å². The van der Waals surface area contributed by atoms with Crippen molar-refractivity contribution in [2.45, 2.75) is 33.7 Å². The fourth-order valence-corrected chi connectivity index (χ4v) is 1.87. The first-order valence-corrected chi connectivity index (χ1v) is 7.95. The van der Waals surface area contributed by atoms with Crippen LogP contribution in [0.25, 0.3) is 0 Å². The first-order valence-electron chi connectivity index (χ1n) is 7.51. The molecule has 3 nitrogen and oxygen atoms in total. The molecule has 0 aliphatic carbocycles. The average Bonchev–Trinajstić information content (AvgIpc) is 2.46. The van der Waals surface area contributed by atoms with Crippen molar-refractivity contribution in [3.05, 3.63) is 35.4 Å². The minimum Gasteiger partial charge on any atom is -0.493 e. The quantitative estimate of drug-likeness (QED) is 0.696. The molecular weight excluding hydrogens is 286 g/mol. The highest BCUT2D eigenvalue weighted by Gasteiger charge is 2.06. The van der Waals surface area contributed by atoms with E-state index in [0.717, 1.165) is 36.6 Å². The molecule has 0 aromatic heterocycles. The van der Waals surface area contributed by atoms with Gasteiger partial charge in [0.05, 0.1) is 6.61 Å². The van der Waals surface area contributed by atoms with Gasteiger partial charge in [-0.15, -0.1) is 0 Å². The van der Waals surface area contributed by atoms with E-state index in [-0.39, 0.29) is 0 Å². The summed E-state index contributed by atoms with van der Waals surface area (Å²) in [7, 11) is 0. The van der Waals surface area contributed by atoms with E-state index in [0.29, 0.717) is 19.1 Å². The van der Waals surface area contributed by atoms with E-state index in [1.807, 2.05) is 12.1 Å². The Morgan fingerprint density at radius 3 is 2.76 bits per heavy atom. The summed E-state index contributed by atoms with van der Waals surface area (Å²) in [6.45, 7) is 9.41. The van der Waals surface area contributed by atoms with Gasteiger partial charge in [0.15, 0.2) is 0 Å². The molecule has 0 amide bonds. The lowest BCUT2D eigenvalue weighted by molar-refractivity contribution is 0.311. The average molecular weight is 312 g/mol. The number of hydrogen-bond donors (Lipinski definition) is 1. The Morgan fingerprint density at radius 1 is 1.29 bits per heavy atom. The molecule has 0 saturated heterocycles. The number of ether oxygens (including phenoxy) is 2. The SMILES string of the molecule is CCCOc1ccc(CNCC(C)C)c(OCC=CCl)c1. The summed E-state index contributed by atoms with van der Waals surface area (Å²) in [6.07, 6.45) is 2.76. The van der Waals surface area contributed by atoms with Gasteiger partial charge in [0, 0.05) is 23.7 Å². The standard InChI is InChI=1S/C17H26ClNO2/c1-4-9-20-16-7-6-15(13-19-12-14(2)3)17(11-16)21-10-5-8-18/h5-8,11,14,19H,4,9-10,12-13H2,1-3H3. The van der Waals surface area contributed by atoms with Gasteiger partial charge in [0.1, 0.15) is 18.1 Å². The van der Waals surface area contributed by atoms with Crippen LogP contribution in [0.5, 0.6) is 11.5 Å². The molecule has 0 unspecified atom stereocenters. The highest BCUT2D eigenvalue weighted by molar-refractivity contribution is 6.25. The van der Waals surface area contributed by atoms with Crippen LogP contribution in [-0.2, 0) is 6.54 Å². The molecule has 0 bridgehead atoms. The van der Waals surface area contributed by atoms with Crippen molar-refractivity contribution in [2.24, 2.45) is 5.92 Å². The van der Waals surface area contributed by atoms with E-state index in [1.54, 1.807) is 6.08 Å². The zero-order chi connectivity index (χ0) is 15.5. The van der Waals surface area contributed by atoms with Crippen LogP contribution < -0.4 is 14.8 Å². The second kappa shape index (κ2) is 10.5. The molecule has 0 saturated carbocycles. The lowest BCUT2D eigenvalue weighted by Gasteiger charge is -2.14. The van der Waals surface area contributed by atoms with Crippen LogP contribution in [0.2, 0.25) is 0 Å². The highest BCUT2D eigenvalue weighted by atomic mass is 35.5. The zero-order valence-electron chi connectivity index (χ0n) is 13.2. The molecule has 0 fully saturated rings. The lowest BCUT2D eigenvalue weighted by atomic mass is 10.1. The Hall–Kier alpha value is -1.19. The van der Waals surface area contributed by atoms with Gasteiger partial charge in [-0.25, -0.2) is 0 Å². The van der Waals surface area contributed by atoms with Crippen LogP contribution in [0.4, 0.5) is 0 Å². The van der Waals surface area contributed by atoms with Crippen LogP contribution in [0.1, 0.15) is 32.8 Å². The summed E-state index contributed by atoms with van der Waals surface area (Å²) >= 11 is 5.53. The van der Waals surface area contributed by atoms with Crippen LogP contribution in [0, 0.1) is 5.92 Å². The lowest BCUT2D eigenvalue weighted by Crippen LogP contribution is -2.19. The van der Waals surface area contributed by atoms with E-state index in [2.05, 4.69) is 32.2 Å². The number of rotatable bonds is 10. The molecule has 0 atom stereocenters. The van der Waals surface area contributed by atoms with Crippen molar-refractivity contribution in [1.29, 1.82) is 0 Å². The van der Waals surface area contributed by atoms with Gasteiger partial charge in [-0.2, -0.15) is 0 Å². The van der Waals surface area contributed by atoms with E-state index < -0.39 is 0 Å². The fourth-order valence-electron chi connectivity index (χ4n) is 1.79. The fraction of sp³-hybridized carbons (Fsp3) is 0.529. The van der Waals surface area contributed by atoms with E-state index >= 15 is 0 Å². The Bertz CT molecular complexity index is 433. The largest absolute Gasteiger partial charge is 0.493 e. The van der Waals surface area contributed by atoms with Crippen LogP contribution in [0.3, 0.4) is 0 Å². The maximum Gasteiger partial charge on any atom is 0.127 e. The van der Waals surface area contributed by atoms with Crippen molar-refractivity contribution < 1.29 is 9.47 Å². The van der Waals surface area contributed by atoms with Crippen molar-refractivity contribution in [1.82, 2.24) is 5.32 Å². The second-order valence-electron chi connectivity index (χ2n) is 5.32. The van der Waals surface area contributed by atoms with Gasteiger partial charge in [0.2, 0.25) is 0 Å². The normalized spacial score (nSPS) is 11.3. The van der Waals surface area contributed by atoms with E-state index in [1.165, 1.54) is 5.54 Å². The first kappa shape index (κ1) is 17.9. The summed E-state index contributed by atoms with van der Waals surface area (Å²) in [5.41, 5.74) is 2.59. The van der Waals surface area contributed by atoms with Crippen LogP contribution in [-0.4, -0.2) is 19.8 Å². The van der Waals surface area contributed by atoms with Gasteiger partial charge in [-0.3, -0.25) is 0 Å². The van der Waals surface area contributed by atoms with Crippen LogP contribution >= 0.6 is 11.6 Å². The third-order valence-corrected chi connectivity index (χ3v) is 2.98. The Labute approximate surface area is 133 Å². The molecule has 21 heavy (non-hydrogen) atoms. The van der Waals surface area contributed by atoms with Crippen molar-refractivity contribution >= 4 is 11.6 Å². The number of halogens is 1. The van der Waals surface area contributed by atoms with Gasteiger partial charge >= 0.3 is 0 Å². The highest BCUT2D eigenvalue weighted by Crippen LogP contribution is 2.25. The first-order chi connectivity index (χ1) is 10.2. The smallest absolute Gasteiger partial charge is 0.127 e. The maximum atomic E-state index is 5.76. The monoisotopic (exact) mass is 311 g/mol. The molecule has 0 spiro atoms. The maximum absolute atomic E-state index is 5.76. The summed E-state index contributed by atoms with van der Waals surface area (Å²) in [5, 5.41) is 3.43. The van der Waals surface area contributed by atoms with Gasteiger partial charge in [-0.1, -0.05) is 38.4 Å². The number of nitrogens with one attached hydrogen (secondary N) is 1. The zero-order valence-corrected chi connectivity index (χ0v) is 14.0. The molecule has 0 heterocycles. The topological polar surface area (TPSA) is 30.5 Å². The number of benzene rings is 1. The third kappa shape index (κ3) is 7.39. The molecule has 1 N–H and O–H groups in total. The summed E-state index contributed by atoms with van der Waals surface area (Å²) in [5.74, 6) is 2.31. The van der Waals surface area contributed by atoms with E-state index in [9.17, 15) is 0 Å². The predicted molar refractivity (Wildman–Crippen MR) is 89.3 cm³/mol. The Balaban J connectivity index is 2.72. The minimum absolute atomic E-state index is 0.456. The molecule has 0 radical (unpaired) electrons. The molecule has 0 aliphatic rings. The molecular formula is C17H26ClNO2. The van der Waals surface area contributed by atoms with E-state index in [4.69, 9.17) is 21.1 Å². The van der Waals surface area contributed by atoms with Crippen LogP contribution in [0.15, 0.2) is 29.8 Å². The third-order valence-electron chi connectivity index (χ3n) is 2.80. The summed E-state index contributed by atoms with van der Waals surface area (Å²) < 4.78 is 11.4. The second-order valence-corrected chi connectivity index (χ2v) is 5.57. The predicted octanol–water partition coefficient (Wildman–Crippen LogP) is 4.35. The molecule has 1 aromatic carbocycles. The Kier molecular flexibility index (Phi) is 8.95. The molecule has 4 heteroatoms. The summed E-state index contributed by atoms with van der Waals surface area (Å²) in [6, 6.07) is 5.99. The molecule has 0 aliphatic heterocycles. The van der Waals surface area contributed by atoms with Gasteiger partial charge in [-0.05, 0) is 31.0 Å².